The van der Waals surface area contributed by atoms with Gasteiger partial charge in [0.05, 0.1) is 7.11 Å². The lowest BCUT2D eigenvalue weighted by Gasteiger charge is -2.32. The minimum atomic E-state index is -1.09. The van der Waals surface area contributed by atoms with E-state index in [1.54, 1.807) is 41.5 Å². The van der Waals surface area contributed by atoms with Crippen LogP contribution in [0.3, 0.4) is 0 Å². The Morgan fingerprint density at radius 3 is 2.06 bits per heavy atom. The Morgan fingerprint density at radius 2 is 1.55 bits per heavy atom. The molecule has 0 aliphatic rings. The fraction of sp³-hybridized carbons (Fsp3) is 0.583. The molecule has 0 bridgehead atoms. The molecule has 0 aromatic heterocycles. The third kappa shape index (κ3) is 10.9. The minimum absolute atomic E-state index is 0.0113. The van der Waals surface area contributed by atoms with Gasteiger partial charge in [-0.15, -0.1) is 0 Å². The van der Waals surface area contributed by atoms with Gasteiger partial charge in [-0.05, 0) is 38.2 Å². The summed E-state index contributed by atoms with van der Waals surface area (Å²) >= 11 is 0. The van der Waals surface area contributed by atoms with Crippen molar-refractivity contribution in [2.24, 2.45) is 5.41 Å². The van der Waals surface area contributed by atoms with Crippen molar-refractivity contribution in [3.63, 3.8) is 0 Å². The molecule has 33 heavy (non-hydrogen) atoms. The number of benzene rings is 1. The first kappa shape index (κ1) is 27.9. The molecule has 0 spiro atoms. The molecule has 1 aromatic rings. The van der Waals surface area contributed by atoms with Gasteiger partial charge in [0.2, 0.25) is 5.91 Å². The van der Waals surface area contributed by atoms with Crippen LogP contribution in [0.2, 0.25) is 0 Å². The van der Waals surface area contributed by atoms with E-state index in [-0.39, 0.29) is 19.4 Å². The number of carbonyl (C=O) groups excluding carboxylic acids is 4. The lowest BCUT2D eigenvalue weighted by Crippen LogP contribution is -2.57. The number of carbonyl (C=O) groups is 4. The molecule has 1 rings (SSSR count). The maximum Gasteiger partial charge on any atom is 0.408 e. The summed E-state index contributed by atoms with van der Waals surface area (Å²) in [6.45, 7) is 10.5. The highest BCUT2D eigenvalue weighted by Crippen LogP contribution is 2.21. The summed E-state index contributed by atoms with van der Waals surface area (Å²) < 4.78 is 15.2. The van der Waals surface area contributed by atoms with Crippen molar-refractivity contribution in [3.8, 4) is 0 Å². The van der Waals surface area contributed by atoms with Gasteiger partial charge in [0.25, 0.3) is 0 Å². The average molecular weight is 465 g/mol. The van der Waals surface area contributed by atoms with Crippen molar-refractivity contribution in [2.75, 3.05) is 7.11 Å². The van der Waals surface area contributed by atoms with E-state index in [0.29, 0.717) is 0 Å². The smallest absolute Gasteiger partial charge is 0.408 e. The van der Waals surface area contributed by atoms with Crippen LogP contribution < -0.4 is 10.6 Å². The van der Waals surface area contributed by atoms with Crippen LogP contribution in [0.1, 0.15) is 59.9 Å². The molecule has 0 fully saturated rings. The van der Waals surface area contributed by atoms with Gasteiger partial charge in [-0.1, -0.05) is 51.1 Å². The molecule has 2 N–H and O–H groups in total. The number of methoxy groups -OCH3 is 1. The Labute approximate surface area is 195 Å². The van der Waals surface area contributed by atoms with Crippen molar-refractivity contribution in [3.05, 3.63) is 35.9 Å². The summed E-state index contributed by atoms with van der Waals surface area (Å²) in [5.74, 6) is -1.80. The Balaban J connectivity index is 2.90. The molecule has 2 amide bonds. The van der Waals surface area contributed by atoms with Crippen molar-refractivity contribution in [1.29, 1.82) is 0 Å². The molecule has 9 heteroatoms. The second kappa shape index (κ2) is 12.2. The lowest BCUT2D eigenvalue weighted by atomic mass is 9.86. The summed E-state index contributed by atoms with van der Waals surface area (Å²) in [4.78, 5) is 49.7. The summed E-state index contributed by atoms with van der Waals surface area (Å²) in [5, 5.41) is 5.19. The van der Waals surface area contributed by atoms with Crippen molar-refractivity contribution in [1.82, 2.24) is 10.6 Å². The molecule has 0 saturated carbocycles. The molecule has 0 heterocycles. The molecule has 184 valence electrons. The van der Waals surface area contributed by atoms with Crippen LogP contribution in [0.5, 0.6) is 0 Å². The minimum Gasteiger partial charge on any atom is -0.469 e. The van der Waals surface area contributed by atoms with Gasteiger partial charge in [-0.3, -0.25) is 9.59 Å². The predicted molar refractivity (Wildman–Crippen MR) is 122 cm³/mol. The topological polar surface area (TPSA) is 120 Å². The van der Waals surface area contributed by atoms with E-state index in [2.05, 4.69) is 15.4 Å². The maximum atomic E-state index is 13.1. The molecular formula is C24H36N2O7. The quantitative estimate of drug-likeness (QED) is 0.426. The molecule has 0 aliphatic heterocycles. The van der Waals surface area contributed by atoms with Gasteiger partial charge in [0, 0.05) is 6.42 Å². The fourth-order valence-electron chi connectivity index (χ4n) is 2.80. The maximum absolute atomic E-state index is 13.1. The highest BCUT2D eigenvalue weighted by atomic mass is 16.6. The van der Waals surface area contributed by atoms with Gasteiger partial charge in [0.1, 0.15) is 24.3 Å². The third-order valence-electron chi connectivity index (χ3n) is 4.48. The molecule has 2 atom stereocenters. The zero-order valence-corrected chi connectivity index (χ0v) is 20.5. The first-order valence-electron chi connectivity index (χ1n) is 10.8. The Bertz CT molecular complexity index is 810. The Morgan fingerprint density at radius 1 is 0.939 bits per heavy atom. The normalized spacial score (nSPS) is 13.3. The van der Waals surface area contributed by atoms with Crippen LogP contribution in [0.25, 0.3) is 0 Å². The fourth-order valence-corrected chi connectivity index (χ4v) is 2.80. The Kier molecular flexibility index (Phi) is 10.3. The van der Waals surface area contributed by atoms with E-state index in [1.807, 2.05) is 30.3 Å². The molecule has 1 aromatic carbocycles. The zero-order chi connectivity index (χ0) is 25.2. The second-order valence-electron chi connectivity index (χ2n) is 9.71. The van der Waals surface area contributed by atoms with Crippen LogP contribution >= 0.6 is 0 Å². The number of hydrogen-bond donors (Lipinski definition) is 2. The number of ether oxygens (including phenoxy) is 3. The summed E-state index contributed by atoms with van der Waals surface area (Å²) in [6, 6.07) is 7.03. The van der Waals surface area contributed by atoms with Crippen LogP contribution in [0.4, 0.5) is 4.79 Å². The molecule has 0 saturated heterocycles. The number of amides is 2. The average Bonchev–Trinajstić information content (AvgIpc) is 2.71. The van der Waals surface area contributed by atoms with Crippen molar-refractivity contribution < 1.29 is 33.4 Å². The molecule has 0 radical (unpaired) electrons. The third-order valence-corrected chi connectivity index (χ3v) is 4.48. The lowest BCUT2D eigenvalue weighted by molar-refractivity contribution is -0.159. The van der Waals surface area contributed by atoms with Crippen LogP contribution in [0.15, 0.2) is 30.3 Å². The number of esters is 2. The van der Waals surface area contributed by atoms with Gasteiger partial charge in [0.15, 0.2) is 0 Å². The van der Waals surface area contributed by atoms with Crippen LogP contribution in [-0.2, 0) is 35.2 Å². The van der Waals surface area contributed by atoms with Crippen LogP contribution in [0, 0.1) is 5.41 Å². The first-order valence-corrected chi connectivity index (χ1v) is 10.8. The van der Waals surface area contributed by atoms with Crippen molar-refractivity contribution in [2.45, 2.75) is 78.7 Å². The largest absolute Gasteiger partial charge is 0.469 e. The zero-order valence-electron chi connectivity index (χ0n) is 20.5. The van der Waals surface area contributed by atoms with E-state index in [9.17, 15) is 19.2 Å². The summed E-state index contributed by atoms with van der Waals surface area (Å²) in [7, 11) is 1.24. The van der Waals surface area contributed by atoms with Gasteiger partial charge < -0.3 is 24.8 Å². The number of alkyl carbamates (subject to hydrolysis) is 1. The van der Waals surface area contributed by atoms with E-state index >= 15 is 0 Å². The second-order valence-corrected chi connectivity index (χ2v) is 9.71. The van der Waals surface area contributed by atoms with Gasteiger partial charge >= 0.3 is 18.0 Å². The highest BCUT2D eigenvalue weighted by Gasteiger charge is 2.36. The van der Waals surface area contributed by atoms with E-state index in [4.69, 9.17) is 9.47 Å². The van der Waals surface area contributed by atoms with Gasteiger partial charge in [-0.2, -0.15) is 0 Å². The Hall–Kier alpha value is -3.10. The van der Waals surface area contributed by atoms with Crippen molar-refractivity contribution >= 4 is 23.9 Å². The van der Waals surface area contributed by atoms with E-state index < -0.39 is 47.0 Å². The monoisotopic (exact) mass is 464 g/mol. The molecule has 9 nitrogen and oxygen atoms in total. The molecule has 0 unspecified atom stereocenters. The summed E-state index contributed by atoms with van der Waals surface area (Å²) in [6.07, 6.45) is -0.868. The number of hydrogen-bond acceptors (Lipinski definition) is 7. The number of nitrogens with one attached hydrogen (secondary N) is 2. The van der Waals surface area contributed by atoms with E-state index in [1.165, 1.54) is 7.11 Å². The first-order chi connectivity index (χ1) is 15.2. The van der Waals surface area contributed by atoms with Crippen LogP contribution in [-0.4, -0.2) is 48.7 Å². The molecular weight excluding hydrogens is 428 g/mol. The standard InChI is InChI=1S/C24H36N2O7/c1-23(2,3)19(26-22(30)32-15-16-11-9-8-10-12-16)20(28)25-17(13-14-18(27)31-7)21(29)33-24(4,5)6/h8-12,17,19H,13-15H2,1-7H3,(H,25,28)(H,26,30)/t17-,19-/m1/s1. The number of rotatable bonds is 9. The van der Waals surface area contributed by atoms with Gasteiger partial charge in [-0.25, -0.2) is 9.59 Å². The predicted octanol–water partition coefficient (Wildman–Crippen LogP) is 3.11. The molecule has 0 aliphatic carbocycles. The highest BCUT2D eigenvalue weighted by molar-refractivity contribution is 5.90. The van der Waals surface area contributed by atoms with E-state index in [0.717, 1.165) is 5.56 Å². The SMILES string of the molecule is COC(=O)CC[C@@H](NC(=O)[C@@H](NC(=O)OCc1ccccc1)C(C)(C)C)C(=O)OC(C)(C)C. The summed E-state index contributed by atoms with van der Waals surface area (Å²) in [5.41, 5.74) is -0.678.